The summed E-state index contributed by atoms with van der Waals surface area (Å²) < 4.78 is 4.41. The molecule has 5 nitrogen and oxygen atoms in total. The monoisotopic (exact) mass is 344 g/mol. The van der Waals surface area contributed by atoms with Crippen LogP contribution in [0, 0.1) is 13.8 Å². The molecule has 0 spiro atoms. The van der Waals surface area contributed by atoms with Gasteiger partial charge in [0.15, 0.2) is 0 Å². The Hall–Kier alpha value is -2.47. The van der Waals surface area contributed by atoms with Gasteiger partial charge in [0.1, 0.15) is 6.54 Å². The molecule has 0 unspecified atom stereocenters. The Kier molecular flexibility index (Phi) is 6.26. The SMILES string of the molecule is COC(=O)NCC(=O)Nc1ccc(Sc2ccc(C)cc2C)cc1. The van der Waals surface area contributed by atoms with Crippen molar-refractivity contribution in [1.29, 1.82) is 0 Å². The number of alkyl carbamates (subject to hydrolysis) is 1. The van der Waals surface area contributed by atoms with Crippen molar-refractivity contribution in [3.8, 4) is 0 Å². The maximum atomic E-state index is 11.7. The predicted octanol–water partition coefficient (Wildman–Crippen LogP) is 3.75. The molecule has 0 fully saturated rings. The zero-order valence-electron chi connectivity index (χ0n) is 13.9. The van der Waals surface area contributed by atoms with E-state index >= 15 is 0 Å². The number of amides is 2. The number of benzene rings is 2. The van der Waals surface area contributed by atoms with Gasteiger partial charge in [-0.15, -0.1) is 0 Å². The topological polar surface area (TPSA) is 67.4 Å². The molecule has 126 valence electrons. The lowest BCUT2D eigenvalue weighted by molar-refractivity contribution is -0.115. The van der Waals surface area contributed by atoms with Crippen LogP contribution < -0.4 is 10.6 Å². The van der Waals surface area contributed by atoms with Gasteiger partial charge in [0, 0.05) is 15.5 Å². The summed E-state index contributed by atoms with van der Waals surface area (Å²) >= 11 is 1.68. The number of carbonyl (C=O) groups is 2. The number of hydrogen-bond donors (Lipinski definition) is 2. The standard InChI is InChI=1S/C18H20N2O3S/c1-12-4-9-16(13(2)10-12)24-15-7-5-14(6-8-15)20-17(21)11-19-18(22)23-3/h4-10H,11H2,1-3H3,(H,19,22)(H,20,21). The summed E-state index contributed by atoms with van der Waals surface area (Å²) in [5.74, 6) is -0.310. The van der Waals surface area contributed by atoms with Crippen molar-refractivity contribution < 1.29 is 14.3 Å². The number of anilines is 1. The lowest BCUT2D eigenvalue weighted by Crippen LogP contribution is -2.32. The fourth-order valence-corrected chi connectivity index (χ4v) is 2.96. The van der Waals surface area contributed by atoms with Crippen LogP contribution in [0.2, 0.25) is 0 Å². The summed E-state index contributed by atoms with van der Waals surface area (Å²) in [4.78, 5) is 24.9. The van der Waals surface area contributed by atoms with Crippen molar-refractivity contribution in [1.82, 2.24) is 5.32 Å². The summed E-state index contributed by atoms with van der Waals surface area (Å²) in [5.41, 5.74) is 3.17. The van der Waals surface area contributed by atoms with E-state index in [4.69, 9.17) is 0 Å². The highest BCUT2D eigenvalue weighted by Crippen LogP contribution is 2.31. The van der Waals surface area contributed by atoms with E-state index in [0.29, 0.717) is 5.69 Å². The molecule has 2 aromatic rings. The van der Waals surface area contributed by atoms with E-state index < -0.39 is 6.09 Å². The number of rotatable bonds is 5. The van der Waals surface area contributed by atoms with Gasteiger partial charge in [-0.3, -0.25) is 4.79 Å². The van der Waals surface area contributed by atoms with Crippen molar-refractivity contribution in [2.45, 2.75) is 23.6 Å². The van der Waals surface area contributed by atoms with Gasteiger partial charge >= 0.3 is 6.09 Å². The lowest BCUT2D eigenvalue weighted by Gasteiger charge is -2.09. The van der Waals surface area contributed by atoms with E-state index in [0.717, 1.165) is 4.90 Å². The number of nitrogens with one attached hydrogen (secondary N) is 2. The van der Waals surface area contributed by atoms with Crippen molar-refractivity contribution >= 4 is 29.4 Å². The minimum absolute atomic E-state index is 0.133. The smallest absolute Gasteiger partial charge is 0.407 e. The average Bonchev–Trinajstić information content (AvgIpc) is 2.57. The van der Waals surface area contributed by atoms with Gasteiger partial charge in [0.25, 0.3) is 0 Å². The van der Waals surface area contributed by atoms with Crippen LogP contribution in [0.5, 0.6) is 0 Å². The highest BCUT2D eigenvalue weighted by atomic mass is 32.2. The molecule has 2 amide bonds. The summed E-state index contributed by atoms with van der Waals surface area (Å²) in [6.45, 7) is 4.04. The molecule has 6 heteroatoms. The second-order valence-electron chi connectivity index (χ2n) is 5.29. The van der Waals surface area contributed by atoms with Crippen molar-refractivity contribution in [3.05, 3.63) is 53.6 Å². The van der Waals surface area contributed by atoms with Crippen LogP contribution in [0.25, 0.3) is 0 Å². The molecule has 0 bridgehead atoms. The number of ether oxygens (including phenoxy) is 1. The third kappa shape index (κ3) is 5.31. The van der Waals surface area contributed by atoms with Gasteiger partial charge in [-0.05, 0) is 49.7 Å². The Morgan fingerprint density at radius 1 is 1.08 bits per heavy atom. The summed E-state index contributed by atoms with van der Waals surface area (Å²) in [5, 5.41) is 5.04. The molecule has 0 radical (unpaired) electrons. The highest BCUT2D eigenvalue weighted by molar-refractivity contribution is 7.99. The second kappa shape index (κ2) is 8.40. The van der Waals surface area contributed by atoms with Crippen LogP contribution in [0.3, 0.4) is 0 Å². The minimum atomic E-state index is -0.634. The number of methoxy groups -OCH3 is 1. The van der Waals surface area contributed by atoms with Crippen LogP contribution in [-0.4, -0.2) is 25.7 Å². The van der Waals surface area contributed by atoms with Crippen molar-refractivity contribution in [3.63, 3.8) is 0 Å². The quantitative estimate of drug-likeness (QED) is 0.867. The van der Waals surface area contributed by atoms with Crippen LogP contribution in [0.4, 0.5) is 10.5 Å². The van der Waals surface area contributed by atoms with Crippen LogP contribution in [0.15, 0.2) is 52.3 Å². The Morgan fingerprint density at radius 2 is 1.79 bits per heavy atom. The zero-order valence-corrected chi connectivity index (χ0v) is 14.7. The molecule has 24 heavy (non-hydrogen) atoms. The van der Waals surface area contributed by atoms with E-state index in [9.17, 15) is 9.59 Å². The van der Waals surface area contributed by atoms with E-state index in [2.05, 4.69) is 47.4 Å². The first kappa shape index (κ1) is 17.9. The Bertz CT molecular complexity index is 730. The maximum absolute atomic E-state index is 11.7. The molecule has 2 N–H and O–H groups in total. The normalized spacial score (nSPS) is 10.1. The van der Waals surface area contributed by atoms with Gasteiger partial charge < -0.3 is 15.4 Å². The number of carbonyl (C=O) groups excluding carboxylic acids is 2. The molecular weight excluding hydrogens is 324 g/mol. The predicted molar refractivity (Wildman–Crippen MR) is 95.5 cm³/mol. The molecule has 2 rings (SSSR count). The molecule has 0 atom stereocenters. The Balaban J connectivity index is 1.93. The first-order valence-electron chi connectivity index (χ1n) is 7.45. The minimum Gasteiger partial charge on any atom is -0.453 e. The molecule has 0 aliphatic carbocycles. The van der Waals surface area contributed by atoms with Gasteiger partial charge in [-0.25, -0.2) is 4.79 Å². The van der Waals surface area contributed by atoms with Crippen molar-refractivity contribution in [2.24, 2.45) is 0 Å². The van der Waals surface area contributed by atoms with E-state index in [1.807, 2.05) is 24.3 Å². The lowest BCUT2D eigenvalue weighted by atomic mass is 10.2. The molecular formula is C18H20N2O3S. The molecule has 2 aromatic carbocycles. The van der Waals surface area contributed by atoms with E-state index in [-0.39, 0.29) is 12.5 Å². The van der Waals surface area contributed by atoms with Gasteiger partial charge in [-0.1, -0.05) is 29.5 Å². The molecule has 0 aliphatic heterocycles. The average molecular weight is 344 g/mol. The van der Waals surface area contributed by atoms with Crippen molar-refractivity contribution in [2.75, 3.05) is 19.0 Å². The third-order valence-corrected chi connectivity index (χ3v) is 4.46. The zero-order chi connectivity index (χ0) is 17.5. The van der Waals surface area contributed by atoms with Gasteiger partial charge in [-0.2, -0.15) is 0 Å². The van der Waals surface area contributed by atoms with Crippen LogP contribution in [-0.2, 0) is 9.53 Å². The molecule has 0 heterocycles. The van der Waals surface area contributed by atoms with Crippen LogP contribution >= 0.6 is 11.8 Å². The van der Waals surface area contributed by atoms with Gasteiger partial charge in [0.05, 0.1) is 7.11 Å². The number of hydrogen-bond acceptors (Lipinski definition) is 4. The Morgan fingerprint density at radius 3 is 2.42 bits per heavy atom. The first-order chi connectivity index (χ1) is 11.5. The molecule has 0 aliphatic rings. The summed E-state index contributed by atoms with van der Waals surface area (Å²) in [6, 6.07) is 13.9. The summed E-state index contributed by atoms with van der Waals surface area (Å²) in [7, 11) is 1.25. The first-order valence-corrected chi connectivity index (χ1v) is 8.26. The molecule has 0 aromatic heterocycles. The van der Waals surface area contributed by atoms with Crippen LogP contribution in [0.1, 0.15) is 11.1 Å². The second-order valence-corrected chi connectivity index (χ2v) is 6.40. The molecule has 0 saturated carbocycles. The number of aryl methyl sites for hydroxylation is 2. The third-order valence-electron chi connectivity index (χ3n) is 3.27. The largest absolute Gasteiger partial charge is 0.453 e. The highest BCUT2D eigenvalue weighted by Gasteiger charge is 2.06. The van der Waals surface area contributed by atoms with Gasteiger partial charge in [0.2, 0.25) is 5.91 Å². The fourth-order valence-electron chi connectivity index (χ4n) is 2.08. The maximum Gasteiger partial charge on any atom is 0.407 e. The molecule has 0 saturated heterocycles. The Labute approximate surface area is 145 Å². The van der Waals surface area contributed by atoms with E-state index in [1.165, 1.54) is 23.1 Å². The fraction of sp³-hybridized carbons (Fsp3) is 0.222. The summed E-state index contributed by atoms with van der Waals surface area (Å²) in [6.07, 6.45) is -0.634. The van der Waals surface area contributed by atoms with E-state index in [1.54, 1.807) is 11.8 Å².